The molecule has 0 saturated carbocycles. The topological polar surface area (TPSA) is 69.3 Å². The average Bonchev–Trinajstić information content (AvgIpc) is 2.64. The van der Waals surface area contributed by atoms with Crippen molar-refractivity contribution in [2.75, 3.05) is 31.5 Å². The predicted molar refractivity (Wildman–Crippen MR) is 126 cm³/mol. The predicted octanol–water partition coefficient (Wildman–Crippen LogP) is 3.94. The highest BCUT2D eigenvalue weighted by Crippen LogP contribution is 2.16. The molecule has 1 atom stereocenters. The first-order valence-electron chi connectivity index (χ1n) is 9.12. The molecule has 9 heteroatoms. The number of urea groups is 1. The summed E-state index contributed by atoms with van der Waals surface area (Å²) in [6.45, 7) is 9.10. The van der Waals surface area contributed by atoms with Gasteiger partial charge in [0.05, 0.1) is 17.9 Å². The standard InChI is InChI=1S/C20H27N5O.3ClH/c1-15-6-7-19(13-22-15)24-20(26)23-16(2)18-5-3-4-17(12-18)14-25-10-8-21-9-11-25;;;/h3-7,12-13,16,21H,8-11,14H2,1-2H3,(H2,23,24,26);3*1H. The van der Waals surface area contributed by atoms with Crippen LogP contribution in [0, 0.1) is 6.92 Å². The van der Waals surface area contributed by atoms with Crippen LogP contribution >= 0.6 is 37.2 Å². The maximum atomic E-state index is 12.2. The lowest BCUT2D eigenvalue weighted by Crippen LogP contribution is -2.42. The number of piperazine rings is 1. The molecule has 1 unspecified atom stereocenters. The molecule has 2 amide bonds. The molecule has 1 aliphatic heterocycles. The molecule has 1 fully saturated rings. The van der Waals surface area contributed by atoms with Crippen LogP contribution in [0.25, 0.3) is 0 Å². The smallest absolute Gasteiger partial charge is 0.319 e. The van der Waals surface area contributed by atoms with E-state index in [0.29, 0.717) is 5.69 Å². The molecule has 2 aromatic rings. The molecule has 3 N–H and O–H groups in total. The zero-order chi connectivity index (χ0) is 18.4. The van der Waals surface area contributed by atoms with Gasteiger partial charge in [-0.05, 0) is 37.1 Å². The van der Waals surface area contributed by atoms with Gasteiger partial charge in [-0.15, -0.1) is 37.2 Å². The minimum absolute atomic E-state index is 0. The van der Waals surface area contributed by atoms with E-state index in [2.05, 4.69) is 50.1 Å². The van der Waals surface area contributed by atoms with Crippen molar-refractivity contribution in [1.29, 1.82) is 0 Å². The van der Waals surface area contributed by atoms with Crippen molar-refractivity contribution in [2.24, 2.45) is 0 Å². The largest absolute Gasteiger partial charge is 0.331 e. The lowest BCUT2D eigenvalue weighted by atomic mass is 10.0. The quantitative estimate of drug-likeness (QED) is 0.629. The van der Waals surface area contributed by atoms with Crippen molar-refractivity contribution < 1.29 is 4.79 Å². The number of nitrogens with one attached hydrogen (secondary N) is 3. The summed E-state index contributed by atoms with van der Waals surface area (Å²) >= 11 is 0. The van der Waals surface area contributed by atoms with Gasteiger partial charge in [-0.2, -0.15) is 0 Å². The van der Waals surface area contributed by atoms with Crippen LogP contribution in [0.15, 0.2) is 42.6 Å². The molecule has 0 aliphatic carbocycles. The summed E-state index contributed by atoms with van der Waals surface area (Å²) in [7, 11) is 0. The summed E-state index contributed by atoms with van der Waals surface area (Å²) in [6, 6.07) is 11.9. The molecule has 0 bridgehead atoms. The Hall–Kier alpha value is -1.57. The minimum Gasteiger partial charge on any atom is -0.331 e. The van der Waals surface area contributed by atoms with Gasteiger partial charge in [0.25, 0.3) is 0 Å². The Morgan fingerprint density at radius 1 is 1.17 bits per heavy atom. The third-order valence-electron chi connectivity index (χ3n) is 4.58. The SMILES string of the molecule is Cc1ccc(NC(=O)NC(C)c2cccc(CN3CCNCC3)c2)cn1.Cl.Cl.Cl. The molecule has 1 aromatic heterocycles. The van der Waals surface area contributed by atoms with Crippen LogP contribution in [-0.4, -0.2) is 42.1 Å². The van der Waals surface area contributed by atoms with E-state index in [9.17, 15) is 4.79 Å². The molecule has 6 nitrogen and oxygen atoms in total. The van der Waals surface area contributed by atoms with Crippen LogP contribution in [0.3, 0.4) is 0 Å². The number of amides is 2. The van der Waals surface area contributed by atoms with Crippen molar-refractivity contribution in [2.45, 2.75) is 26.4 Å². The van der Waals surface area contributed by atoms with E-state index in [4.69, 9.17) is 0 Å². The normalized spacial score (nSPS) is 14.4. The molecule has 29 heavy (non-hydrogen) atoms. The summed E-state index contributed by atoms with van der Waals surface area (Å²) in [6.07, 6.45) is 1.66. The van der Waals surface area contributed by atoms with E-state index in [1.807, 2.05) is 26.0 Å². The fourth-order valence-electron chi connectivity index (χ4n) is 3.08. The maximum Gasteiger partial charge on any atom is 0.319 e. The highest BCUT2D eigenvalue weighted by molar-refractivity contribution is 5.89. The first-order valence-corrected chi connectivity index (χ1v) is 9.12. The number of nitrogens with zero attached hydrogens (tertiary/aromatic N) is 2. The zero-order valence-corrected chi connectivity index (χ0v) is 19.1. The summed E-state index contributed by atoms with van der Waals surface area (Å²) < 4.78 is 0. The van der Waals surface area contributed by atoms with Crippen LogP contribution in [0.1, 0.15) is 29.8 Å². The van der Waals surface area contributed by atoms with E-state index in [1.54, 1.807) is 6.20 Å². The highest BCUT2D eigenvalue weighted by Gasteiger charge is 2.13. The highest BCUT2D eigenvalue weighted by atomic mass is 35.5. The van der Waals surface area contributed by atoms with Crippen LogP contribution in [0.2, 0.25) is 0 Å². The first-order chi connectivity index (χ1) is 12.6. The summed E-state index contributed by atoms with van der Waals surface area (Å²) in [4.78, 5) is 18.9. The third kappa shape index (κ3) is 8.76. The molecule has 2 heterocycles. The fourth-order valence-corrected chi connectivity index (χ4v) is 3.08. The number of benzene rings is 1. The third-order valence-corrected chi connectivity index (χ3v) is 4.58. The summed E-state index contributed by atoms with van der Waals surface area (Å²) in [5.74, 6) is 0. The molecule has 3 rings (SSSR count). The van der Waals surface area contributed by atoms with Gasteiger partial charge >= 0.3 is 6.03 Å². The second kappa shape index (κ2) is 13.6. The van der Waals surface area contributed by atoms with E-state index in [0.717, 1.165) is 44.0 Å². The number of aromatic nitrogens is 1. The van der Waals surface area contributed by atoms with Crippen LogP contribution < -0.4 is 16.0 Å². The van der Waals surface area contributed by atoms with Crippen LogP contribution in [0.4, 0.5) is 10.5 Å². The number of hydrogen-bond acceptors (Lipinski definition) is 4. The number of halogens is 3. The van der Waals surface area contributed by atoms with Crippen LogP contribution in [0.5, 0.6) is 0 Å². The van der Waals surface area contributed by atoms with Crippen molar-refractivity contribution >= 4 is 48.9 Å². The van der Waals surface area contributed by atoms with Gasteiger partial charge in [0.15, 0.2) is 0 Å². The Bertz CT molecular complexity index is 739. The van der Waals surface area contributed by atoms with Crippen molar-refractivity contribution in [3.8, 4) is 0 Å². The number of anilines is 1. The number of pyridine rings is 1. The van der Waals surface area contributed by atoms with Gasteiger partial charge in [-0.1, -0.05) is 24.3 Å². The monoisotopic (exact) mass is 461 g/mol. The second-order valence-corrected chi connectivity index (χ2v) is 6.78. The van der Waals surface area contributed by atoms with Gasteiger partial charge in [-0.3, -0.25) is 9.88 Å². The Labute approximate surface area is 191 Å². The summed E-state index contributed by atoms with van der Waals surface area (Å²) in [5, 5.41) is 9.19. The Kier molecular flexibility index (Phi) is 12.9. The fraction of sp³-hybridized carbons (Fsp3) is 0.400. The van der Waals surface area contributed by atoms with Crippen LogP contribution in [-0.2, 0) is 6.54 Å². The molecule has 162 valence electrons. The zero-order valence-electron chi connectivity index (χ0n) is 16.7. The van der Waals surface area contributed by atoms with Gasteiger partial charge < -0.3 is 16.0 Å². The lowest BCUT2D eigenvalue weighted by Gasteiger charge is -2.27. The van der Waals surface area contributed by atoms with E-state index in [-0.39, 0.29) is 49.3 Å². The Morgan fingerprint density at radius 3 is 2.55 bits per heavy atom. The van der Waals surface area contributed by atoms with Gasteiger partial charge in [0, 0.05) is 38.4 Å². The molecule has 1 saturated heterocycles. The lowest BCUT2D eigenvalue weighted by molar-refractivity contribution is 0.233. The Morgan fingerprint density at radius 2 is 1.90 bits per heavy atom. The van der Waals surface area contributed by atoms with E-state index < -0.39 is 0 Å². The molecule has 1 aromatic carbocycles. The molecule has 0 radical (unpaired) electrons. The molecular formula is C20H30Cl3N5O. The van der Waals surface area contributed by atoms with Gasteiger partial charge in [0.2, 0.25) is 0 Å². The number of carbonyl (C=O) groups excluding carboxylic acids is 1. The van der Waals surface area contributed by atoms with Gasteiger partial charge in [-0.25, -0.2) is 4.79 Å². The first kappa shape index (κ1) is 27.4. The molecule has 1 aliphatic rings. The average molecular weight is 463 g/mol. The number of aryl methyl sites for hydroxylation is 1. The number of rotatable bonds is 5. The maximum absolute atomic E-state index is 12.2. The Balaban J connectivity index is 0.00000261. The minimum atomic E-state index is -0.226. The van der Waals surface area contributed by atoms with Crippen molar-refractivity contribution in [3.63, 3.8) is 0 Å². The van der Waals surface area contributed by atoms with E-state index >= 15 is 0 Å². The van der Waals surface area contributed by atoms with Gasteiger partial charge in [0.1, 0.15) is 0 Å². The molecule has 0 spiro atoms. The van der Waals surface area contributed by atoms with Crippen molar-refractivity contribution in [3.05, 3.63) is 59.4 Å². The second-order valence-electron chi connectivity index (χ2n) is 6.78. The molecular weight excluding hydrogens is 433 g/mol. The van der Waals surface area contributed by atoms with E-state index in [1.165, 1.54) is 5.56 Å². The summed E-state index contributed by atoms with van der Waals surface area (Å²) in [5.41, 5.74) is 3.99. The van der Waals surface area contributed by atoms with Crippen molar-refractivity contribution in [1.82, 2.24) is 20.5 Å². The number of hydrogen-bond donors (Lipinski definition) is 3. The number of carbonyl (C=O) groups is 1.